The monoisotopic (exact) mass is 279 g/mol. The van der Waals surface area contributed by atoms with E-state index in [1.54, 1.807) is 4.57 Å². The third-order valence-electron chi connectivity index (χ3n) is 2.45. The van der Waals surface area contributed by atoms with Crippen LogP contribution in [-0.2, 0) is 16.1 Å². The van der Waals surface area contributed by atoms with Gasteiger partial charge in [-0.05, 0) is 6.42 Å². The zero-order chi connectivity index (χ0) is 14.5. The Morgan fingerprint density at radius 1 is 1.58 bits per heavy atom. The van der Waals surface area contributed by atoms with Gasteiger partial charge in [-0.2, -0.15) is 13.2 Å². The van der Waals surface area contributed by atoms with Crippen molar-refractivity contribution >= 4 is 5.97 Å². The van der Waals surface area contributed by atoms with Crippen LogP contribution in [0, 0.1) is 0 Å². The van der Waals surface area contributed by atoms with Crippen LogP contribution in [0.3, 0.4) is 0 Å². The summed E-state index contributed by atoms with van der Waals surface area (Å²) in [5, 5.41) is 2.15. The lowest BCUT2D eigenvalue weighted by Crippen LogP contribution is -2.37. The molecule has 0 saturated heterocycles. The third-order valence-corrected chi connectivity index (χ3v) is 2.45. The average Bonchev–Trinajstić information content (AvgIpc) is 2.76. The number of methoxy groups -OCH3 is 1. The Hall–Kier alpha value is -1.57. The first-order chi connectivity index (χ1) is 8.89. The summed E-state index contributed by atoms with van der Waals surface area (Å²) < 4.78 is 42.9. The van der Waals surface area contributed by atoms with Gasteiger partial charge in [0, 0.05) is 6.54 Å². The minimum atomic E-state index is -4.40. The molecule has 1 rings (SSSR count). The highest BCUT2D eigenvalue weighted by Crippen LogP contribution is 2.18. The van der Waals surface area contributed by atoms with Gasteiger partial charge in [-0.3, -0.25) is 5.32 Å². The van der Waals surface area contributed by atoms with Crippen LogP contribution in [0.1, 0.15) is 25.1 Å². The molecular weight excluding hydrogens is 263 g/mol. The summed E-state index contributed by atoms with van der Waals surface area (Å²) in [6.45, 7) is 1.21. The molecule has 108 valence electrons. The summed E-state index contributed by atoms with van der Waals surface area (Å²) in [7, 11) is 1.13. The lowest BCUT2D eigenvalue weighted by molar-refractivity contribution is -0.147. The molecule has 0 spiro atoms. The maximum atomic E-state index is 12.2. The molecule has 5 nitrogen and oxygen atoms in total. The summed E-state index contributed by atoms with van der Waals surface area (Å²) in [6, 6.07) is -1.18. The molecule has 1 aromatic rings. The molecule has 1 heterocycles. The van der Waals surface area contributed by atoms with E-state index in [4.69, 9.17) is 0 Å². The SMILES string of the molecule is CCCn1cncc1C(NCC(F)(F)F)C(=O)OC. The molecule has 1 unspecified atom stereocenters. The highest BCUT2D eigenvalue weighted by Gasteiger charge is 2.32. The molecule has 0 aliphatic carbocycles. The smallest absolute Gasteiger partial charge is 0.401 e. The summed E-state index contributed by atoms with van der Waals surface area (Å²) >= 11 is 0. The van der Waals surface area contributed by atoms with Crippen LogP contribution in [0.25, 0.3) is 0 Å². The molecule has 1 atom stereocenters. The number of rotatable bonds is 6. The quantitative estimate of drug-likeness (QED) is 0.805. The number of nitrogens with one attached hydrogen (secondary N) is 1. The van der Waals surface area contributed by atoms with Gasteiger partial charge < -0.3 is 9.30 Å². The third kappa shape index (κ3) is 4.55. The number of ether oxygens (including phenoxy) is 1. The predicted octanol–water partition coefficient (Wildman–Crippen LogP) is 1.66. The molecule has 0 radical (unpaired) electrons. The van der Waals surface area contributed by atoms with Crippen LogP contribution < -0.4 is 5.32 Å². The fraction of sp³-hybridized carbons (Fsp3) is 0.636. The first-order valence-corrected chi connectivity index (χ1v) is 5.77. The van der Waals surface area contributed by atoms with Gasteiger partial charge in [-0.1, -0.05) is 6.92 Å². The van der Waals surface area contributed by atoms with Crippen molar-refractivity contribution < 1.29 is 22.7 Å². The average molecular weight is 279 g/mol. The lowest BCUT2D eigenvalue weighted by Gasteiger charge is -2.19. The van der Waals surface area contributed by atoms with Crippen LogP contribution in [0.2, 0.25) is 0 Å². The number of hydrogen-bond acceptors (Lipinski definition) is 4. The number of aromatic nitrogens is 2. The molecule has 0 amide bonds. The van der Waals surface area contributed by atoms with Gasteiger partial charge in [-0.25, -0.2) is 9.78 Å². The van der Waals surface area contributed by atoms with Crippen molar-refractivity contribution in [3.8, 4) is 0 Å². The summed E-state index contributed by atoms with van der Waals surface area (Å²) in [6.07, 6.45) is -0.789. The number of alkyl halides is 3. The van der Waals surface area contributed by atoms with Gasteiger partial charge in [0.25, 0.3) is 0 Å². The second-order valence-electron chi connectivity index (χ2n) is 3.96. The zero-order valence-corrected chi connectivity index (χ0v) is 10.7. The molecular formula is C11H16F3N3O2. The van der Waals surface area contributed by atoms with Gasteiger partial charge in [0.1, 0.15) is 6.04 Å². The zero-order valence-electron chi connectivity index (χ0n) is 10.7. The number of aryl methyl sites for hydroxylation is 1. The molecule has 0 saturated carbocycles. The van der Waals surface area contributed by atoms with Gasteiger partial charge >= 0.3 is 12.1 Å². The first-order valence-electron chi connectivity index (χ1n) is 5.77. The van der Waals surface area contributed by atoms with Gasteiger partial charge in [0.15, 0.2) is 0 Å². The van der Waals surface area contributed by atoms with E-state index in [9.17, 15) is 18.0 Å². The van der Waals surface area contributed by atoms with E-state index in [1.807, 2.05) is 6.92 Å². The number of imidazole rings is 1. The predicted molar refractivity (Wildman–Crippen MR) is 61.3 cm³/mol. The van der Waals surface area contributed by atoms with E-state index in [0.29, 0.717) is 12.2 Å². The fourth-order valence-corrected chi connectivity index (χ4v) is 1.64. The Kier molecular flexibility index (Phi) is 5.34. The van der Waals surface area contributed by atoms with Gasteiger partial charge in [-0.15, -0.1) is 0 Å². The van der Waals surface area contributed by atoms with E-state index >= 15 is 0 Å². The Morgan fingerprint density at radius 3 is 2.79 bits per heavy atom. The van der Waals surface area contributed by atoms with Crippen LogP contribution in [0.15, 0.2) is 12.5 Å². The van der Waals surface area contributed by atoms with E-state index < -0.39 is 24.7 Å². The summed E-state index contributed by atoms with van der Waals surface area (Å²) in [5.74, 6) is -0.776. The van der Waals surface area contributed by atoms with Crippen molar-refractivity contribution in [1.29, 1.82) is 0 Å². The number of hydrogen-bond donors (Lipinski definition) is 1. The van der Waals surface area contributed by atoms with Crippen LogP contribution in [-0.4, -0.2) is 35.4 Å². The fourth-order valence-electron chi connectivity index (χ4n) is 1.64. The number of nitrogens with zero attached hydrogens (tertiary/aromatic N) is 2. The van der Waals surface area contributed by atoms with E-state index in [-0.39, 0.29) is 0 Å². The molecule has 8 heteroatoms. The largest absolute Gasteiger partial charge is 0.468 e. The van der Waals surface area contributed by atoms with Crippen molar-refractivity contribution in [3.63, 3.8) is 0 Å². The molecule has 0 aliphatic rings. The standard InChI is InChI=1S/C11H16F3N3O2/c1-3-4-17-7-15-5-8(17)9(10(18)19-2)16-6-11(12,13)14/h5,7,9,16H,3-4,6H2,1-2H3. The lowest BCUT2D eigenvalue weighted by atomic mass is 10.2. The van der Waals surface area contributed by atoms with Crippen molar-refractivity contribution in [1.82, 2.24) is 14.9 Å². The Labute approximate surface area is 108 Å². The second kappa shape index (κ2) is 6.55. The Bertz CT molecular complexity index is 418. The van der Waals surface area contributed by atoms with Gasteiger partial charge in [0.05, 0.1) is 31.9 Å². The van der Waals surface area contributed by atoms with Crippen LogP contribution >= 0.6 is 0 Å². The van der Waals surface area contributed by atoms with E-state index in [1.165, 1.54) is 12.5 Å². The van der Waals surface area contributed by atoms with Crippen LogP contribution in [0.4, 0.5) is 13.2 Å². The minimum Gasteiger partial charge on any atom is -0.468 e. The summed E-state index contributed by atoms with van der Waals surface area (Å²) in [4.78, 5) is 15.4. The molecule has 1 aromatic heterocycles. The van der Waals surface area contributed by atoms with Crippen molar-refractivity contribution in [3.05, 3.63) is 18.2 Å². The maximum Gasteiger partial charge on any atom is 0.401 e. The first kappa shape index (κ1) is 15.5. The highest BCUT2D eigenvalue weighted by molar-refractivity contribution is 5.76. The molecule has 0 bridgehead atoms. The van der Waals surface area contributed by atoms with Gasteiger partial charge in [0.2, 0.25) is 0 Å². The summed E-state index contributed by atoms with van der Waals surface area (Å²) in [5.41, 5.74) is 0.359. The Morgan fingerprint density at radius 2 is 2.26 bits per heavy atom. The van der Waals surface area contributed by atoms with Crippen molar-refractivity contribution in [2.75, 3.05) is 13.7 Å². The molecule has 0 fully saturated rings. The van der Waals surface area contributed by atoms with Crippen molar-refractivity contribution in [2.45, 2.75) is 32.1 Å². The minimum absolute atomic E-state index is 0.359. The molecule has 0 aromatic carbocycles. The molecule has 19 heavy (non-hydrogen) atoms. The number of carbonyl (C=O) groups excluding carboxylic acids is 1. The van der Waals surface area contributed by atoms with Crippen molar-refractivity contribution in [2.24, 2.45) is 0 Å². The number of halogens is 3. The Balaban J connectivity index is 2.90. The molecule has 0 aliphatic heterocycles. The number of carbonyl (C=O) groups is 1. The number of esters is 1. The normalized spacial score (nSPS) is 13.3. The topological polar surface area (TPSA) is 56.2 Å². The van der Waals surface area contributed by atoms with E-state index in [2.05, 4.69) is 15.0 Å². The highest BCUT2D eigenvalue weighted by atomic mass is 19.4. The maximum absolute atomic E-state index is 12.2. The molecule has 1 N–H and O–H groups in total. The van der Waals surface area contributed by atoms with Crippen LogP contribution in [0.5, 0.6) is 0 Å². The van der Waals surface area contributed by atoms with E-state index in [0.717, 1.165) is 13.5 Å². The second-order valence-corrected chi connectivity index (χ2v) is 3.96.